The van der Waals surface area contributed by atoms with Crippen LogP contribution in [0.2, 0.25) is 0 Å². The first-order valence-electron chi connectivity index (χ1n) is 11.2. The standard InChI is InChI=1S/C21H28F5N3O4S/c22-20(23,21(24,25)26)11-6-15-4-5-17(27-14-15)16-7-12-29(13-8-16)34(32,33)19(18(30)28-31)9-2-1-3-10-19/h4-5,14,16,31H,1-3,6-13H2,(H,28,30). The molecule has 3 rings (SSSR count). The molecule has 0 unspecified atom stereocenters. The van der Waals surface area contributed by atoms with E-state index < -0.39 is 45.6 Å². The molecule has 1 aliphatic heterocycles. The zero-order valence-electron chi connectivity index (χ0n) is 18.5. The molecule has 0 atom stereocenters. The number of aromatic nitrogens is 1. The van der Waals surface area contributed by atoms with Crippen LogP contribution in [0.25, 0.3) is 0 Å². The van der Waals surface area contributed by atoms with Crippen molar-refractivity contribution in [3.8, 4) is 0 Å². The molecule has 2 heterocycles. The second-order valence-electron chi connectivity index (χ2n) is 8.97. The van der Waals surface area contributed by atoms with Gasteiger partial charge in [0.05, 0.1) is 0 Å². The fraction of sp³-hybridized carbons (Fsp3) is 0.714. The molecule has 1 amide bonds. The summed E-state index contributed by atoms with van der Waals surface area (Å²) in [6.07, 6.45) is -3.13. The molecule has 34 heavy (non-hydrogen) atoms. The number of hydroxylamine groups is 1. The molecule has 0 spiro atoms. The minimum Gasteiger partial charge on any atom is -0.289 e. The molecule has 13 heteroatoms. The first kappa shape index (κ1) is 26.7. The molecule has 0 radical (unpaired) electrons. The van der Waals surface area contributed by atoms with E-state index in [1.165, 1.54) is 22.0 Å². The van der Waals surface area contributed by atoms with Crippen molar-refractivity contribution in [1.82, 2.24) is 14.8 Å². The lowest BCUT2D eigenvalue weighted by Crippen LogP contribution is -2.58. The highest BCUT2D eigenvalue weighted by molar-refractivity contribution is 7.91. The lowest BCUT2D eigenvalue weighted by molar-refractivity contribution is -0.284. The number of rotatable bonds is 7. The van der Waals surface area contributed by atoms with Crippen LogP contribution >= 0.6 is 0 Å². The van der Waals surface area contributed by atoms with Gasteiger partial charge >= 0.3 is 12.1 Å². The quantitative estimate of drug-likeness (QED) is 0.327. The number of amides is 1. The van der Waals surface area contributed by atoms with Crippen LogP contribution in [0.3, 0.4) is 0 Å². The number of carbonyl (C=O) groups excluding carboxylic acids is 1. The van der Waals surface area contributed by atoms with Crippen LogP contribution in [-0.4, -0.2) is 58.8 Å². The number of halogens is 5. The average molecular weight is 514 g/mol. The number of nitrogens with one attached hydrogen (secondary N) is 1. The Balaban J connectivity index is 1.63. The number of hydrogen-bond donors (Lipinski definition) is 2. The SMILES string of the molecule is O=C(NO)C1(S(=O)(=O)N2CCC(c3ccc(CCC(F)(F)C(F)(F)F)cn3)CC2)CCCCC1. The predicted molar refractivity (Wildman–Crippen MR) is 112 cm³/mol. The molecule has 0 bridgehead atoms. The molecule has 192 valence electrons. The first-order valence-corrected chi connectivity index (χ1v) is 12.6. The van der Waals surface area contributed by atoms with E-state index in [2.05, 4.69) is 4.98 Å². The Bertz CT molecular complexity index is 956. The molecule has 1 aromatic heterocycles. The fourth-order valence-corrected chi connectivity index (χ4v) is 7.00. The van der Waals surface area contributed by atoms with Gasteiger partial charge in [-0.05, 0) is 43.7 Å². The van der Waals surface area contributed by atoms with E-state index in [-0.39, 0.29) is 37.4 Å². The Labute approximate surface area is 194 Å². The lowest BCUT2D eigenvalue weighted by atomic mass is 9.88. The van der Waals surface area contributed by atoms with Crippen molar-refractivity contribution < 1.29 is 40.4 Å². The molecular formula is C21H28F5N3O4S. The van der Waals surface area contributed by atoms with Crippen LogP contribution in [0.15, 0.2) is 18.3 Å². The molecule has 1 saturated carbocycles. The monoisotopic (exact) mass is 513 g/mol. The van der Waals surface area contributed by atoms with Gasteiger partial charge in [0.2, 0.25) is 10.0 Å². The highest BCUT2D eigenvalue weighted by Crippen LogP contribution is 2.40. The predicted octanol–water partition coefficient (Wildman–Crippen LogP) is 3.93. The number of hydrogen-bond acceptors (Lipinski definition) is 5. The van der Waals surface area contributed by atoms with E-state index in [4.69, 9.17) is 5.21 Å². The summed E-state index contributed by atoms with van der Waals surface area (Å²) in [5, 5.41) is 9.16. The molecular weight excluding hydrogens is 485 g/mol. The number of pyridine rings is 1. The van der Waals surface area contributed by atoms with Gasteiger partial charge in [-0.15, -0.1) is 0 Å². The minimum atomic E-state index is -5.59. The average Bonchev–Trinajstić information content (AvgIpc) is 2.82. The molecule has 1 aliphatic carbocycles. The van der Waals surface area contributed by atoms with E-state index in [0.717, 1.165) is 6.42 Å². The summed E-state index contributed by atoms with van der Waals surface area (Å²) in [6, 6.07) is 3.03. The van der Waals surface area contributed by atoms with Gasteiger partial charge in [0, 0.05) is 37.3 Å². The van der Waals surface area contributed by atoms with Crippen LogP contribution in [0.4, 0.5) is 22.0 Å². The Morgan fingerprint density at radius 2 is 1.74 bits per heavy atom. The van der Waals surface area contributed by atoms with Gasteiger partial charge in [0.15, 0.2) is 4.75 Å². The molecule has 2 aliphatic rings. The molecule has 2 N–H and O–H groups in total. The normalized spacial score (nSPS) is 20.8. The topological polar surface area (TPSA) is 99.6 Å². The number of alkyl halides is 5. The maximum absolute atomic E-state index is 13.4. The molecule has 0 aromatic carbocycles. The minimum absolute atomic E-state index is 0.119. The molecule has 1 saturated heterocycles. The Kier molecular flexibility index (Phi) is 7.88. The number of sulfonamides is 1. The van der Waals surface area contributed by atoms with Crippen molar-refractivity contribution in [2.45, 2.75) is 80.6 Å². The Hall–Kier alpha value is -1.86. The highest BCUT2D eigenvalue weighted by atomic mass is 32.2. The van der Waals surface area contributed by atoms with Crippen LogP contribution < -0.4 is 5.48 Å². The third kappa shape index (κ3) is 5.20. The van der Waals surface area contributed by atoms with Crippen molar-refractivity contribution in [1.29, 1.82) is 0 Å². The number of piperidine rings is 1. The summed E-state index contributed by atoms with van der Waals surface area (Å²) in [7, 11) is -4.03. The summed E-state index contributed by atoms with van der Waals surface area (Å²) in [6.45, 7) is 0.295. The molecule has 1 aromatic rings. The van der Waals surface area contributed by atoms with Gasteiger partial charge in [-0.3, -0.25) is 15.0 Å². The summed E-state index contributed by atoms with van der Waals surface area (Å²) < 4.78 is 89.5. The van der Waals surface area contributed by atoms with Gasteiger partial charge in [0.1, 0.15) is 0 Å². The van der Waals surface area contributed by atoms with Crippen molar-refractivity contribution in [3.63, 3.8) is 0 Å². The lowest BCUT2D eigenvalue weighted by Gasteiger charge is -2.40. The Morgan fingerprint density at radius 1 is 1.12 bits per heavy atom. The van der Waals surface area contributed by atoms with E-state index in [1.54, 1.807) is 6.07 Å². The molecule has 2 fully saturated rings. The largest absolute Gasteiger partial charge is 0.453 e. The van der Waals surface area contributed by atoms with Crippen LogP contribution in [-0.2, 0) is 21.2 Å². The number of carbonyl (C=O) groups is 1. The third-order valence-electron chi connectivity index (χ3n) is 6.87. The van der Waals surface area contributed by atoms with E-state index in [1.807, 2.05) is 0 Å². The maximum atomic E-state index is 13.4. The maximum Gasteiger partial charge on any atom is 0.453 e. The van der Waals surface area contributed by atoms with E-state index in [0.29, 0.717) is 31.4 Å². The van der Waals surface area contributed by atoms with Crippen molar-refractivity contribution >= 4 is 15.9 Å². The van der Waals surface area contributed by atoms with Crippen molar-refractivity contribution in [3.05, 3.63) is 29.6 Å². The molecule has 7 nitrogen and oxygen atoms in total. The van der Waals surface area contributed by atoms with Gasteiger partial charge in [-0.1, -0.05) is 25.3 Å². The Morgan fingerprint density at radius 3 is 2.24 bits per heavy atom. The summed E-state index contributed by atoms with van der Waals surface area (Å²) in [5.74, 6) is -5.80. The van der Waals surface area contributed by atoms with Gasteiger partial charge in [-0.25, -0.2) is 18.2 Å². The second-order valence-corrected chi connectivity index (χ2v) is 11.2. The van der Waals surface area contributed by atoms with Crippen molar-refractivity contribution in [2.75, 3.05) is 13.1 Å². The fourth-order valence-electron chi connectivity index (χ4n) is 4.73. The number of aryl methyl sites for hydroxylation is 1. The van der Waals surface area contributed by atoms with Crippen LogP contribution in [0.5, 0.6) is 0 Å². The zero-order chi connectivity index (χ0) is 25.2. The smallest absolute Gasteiger partial charge is 0.289 e. The van der Waals surface area contributed by atoms with Crippen LogP contribution in [0.1, 0.15) is 68.5 Å². The van der Waals surface area contributed by atoms with Gasteiger partial charge < -0.3 is 0 Å². The highest BCUT2D eigenvalue weighted by Gasteiger charge is 2.56. The van der Waals surface area contributed by atoms with E-state index in [9.17, 15) is 35.2 Å². The first-order chi connectivity index (χ1) is 15.8. The summed E-state index contributed by atoms with van der Waals surface area (Å²) in [4.78, 5) is 16.6. The van der Waals surface area contributed by atoms with Gasteiger partial charge in [-0.2, -0.15) is 22.0 Å². The summed E-state index contributed by atoms with van der Waals surface area (Å²) in [5.41, 5.74) is 2.38. The zero-order valence-corrected chi connectivity index (χ0v) is 19.3. The van der Waals surface area contributed by atoms with Crippen LogP contribution in [0, 0.1) is 0 Å². The van der Waals surface area contributed by atoms with Crippen molar-refractivity contribution in [2.24, 2.45) is 0 Å². The third-order valence-corrected chi connectivity index (χ3v) is 9.50. The van der Waals surface area contributed by atoms with Gasteiger partial charge in [0.25, 0.3) is 5.91 Å². The number of nitrogens with zero attached hydrogens (tertiary/aromatic N) is 2. The second kappa shape index (κ2) is 10.0. The summed E-state index contributed by atoms with van der Waals surface area (Å²) >= 11 is 0. The van der Waals surface area contributed by atoms with E-state index >= 15 is 0 Å².